The Morgan fingerprint density at radius 1 is 1.33 bits per heavy atom. The molecule has 0 aliphatic carbocycles. The lowest BCUT2D eigenvalue weighted by molar-refractivity contribution is 0.183. The summed E-state index contributed by atoms with van der Waals surface area (Å²) >= 11 is 0. The van der Waals surface area contributed by atoms with Crippen LogP contribution in [0.15, 0.2) is 18.2 Å². The first-order valence-electron chi connectivity index (χ1n) is 5.52. The average molecular weight is 207 g/mol. The molecule has 84 valence electrons. The summed E-state index contributed by atoms with van der Waals surface area (Å²) in [7, 11) is 0. The Morgan fingerprint density at radius 3 is 2.53 bits per heavy atom. The van der Waals surface area contributed by atoms with Crippen LogP contribution in [-0.4, -0.2) is 17.8 Å². The van der Waals surface area contributed by atoms with Crippen molar-refractivity contribution in [2.24, 2.45) is 5.73 Å². The summed E-state index contributed by atoms with van der Waals surface area (Å²) in [6.45, 7) is 6.75. The van der Waals surface area contributed by atoms with Gasteiger partial charge in [0, 0.05) is 6.54 Å². The van der Waals surface area contributed by atoms with E-state index in [1.54, 1.807) is 0 Å². The summed E-state index contributed by atoms with van der Waals surface area (Å²) in [6.07, 6.45) is 0.231. The fraction of sp³-hybridized carbons (Fsp3) is 0.538. The quantitative estimate of drug-likeness (QED) is 0.793. The zero-order chi connectivity index (χ0) is 11.4. The number of aryl methyl sites for hydroxylation is 1. The molecule has 0 aliphatic rings. The predicted octanol–water partition coefficient (Wildman–Crippen LogP) is 1.98. The number of aliphatic hydroxyl groups excluding tert-OH is 1. The molecule has 1 aromatic rings. The van der Waals surface area contributed by atoms with E-state index in [0.717, 1.165) is 0 Å². The van der Waals surface area contributed by atoms with Crippen LogP contribution in [0.2, 0.25) is 0 Å². The maximum absolute atomic E-state index is 9.54. The second kappa shape index (κ2) is 5.29. The highest BCUT2D eigenvalue weighted by Crippen LogP contribution is 2.19. The van der Waals surface area contributed by atoms with Gasteiger partial charge >= 0.3 is 0 Å². The van der Waals surface area contributed by atoms with Gasteiger partial charge in [0.25, 0.3) is 0 Å². The molecule has 1 unspecified atom stereocenters. The Balaban J connectivity index is 2.90. The molecule has 0 amide bonds. The van der Waals surface area contributed by atoms with Crippen LogP contribution in [0, 0.1) is 6.92 Å². The molecule has 0 saturated heterocycles. The minimum atomic E-state index is -0.425. The van der Waals surface area contributed by atoms with Crippen LogP contribution >= 0.6 is 0 Å². The summed E-state index contributed by atoms with van der Waals surface area (Å²) in [5.74, 6) is 0.527. The maximum atomic E-state index is 9.54. The van der Waals surface area contributed by atoms with E-state index >= 15 is 0 Å². The summed E-state index contributed by atoms with van der Waals surface area (Å²) in [4.78, 5) is 0. The zero-order valence-electron chi connectivity index (χ0n) is 9.83. The van der Waals surface area contributed by atoms with Crippen molar-refractivity contribution >= 4 is 0 Å². The molecule has 1 atom stereocenters. The number of hydrogen-bond acceptors (Lipinski definition) is 2. The van der Waals surface area contributed by atoms with Gasteiger partial charge < -0.3 is 10.8 Å². The van der Waals surface area contributed by atoms with Crippen molar-refractivity contribution in [2.45, 2.75) is 39.2 Å². The first-order valence-corrected chi connectivity index (χ1v) is 5.52. The fourth-order valence-corrected chi connectivity index (χ4v) is 1.61. The smallest absolute Gasteiger partial charge is 0.0702 e. The monoisotopic (exact) mass is 207 g/mol. The fourth-order valence-electron chi connectivity index (χ4n) is 1.61. The predicted molar refractivity (Wildman–Crippen MR) is 64.0 cm³/mol. The third kappa shape index (κ3) is 3.33. The molecule has 0 fully saturated rings. The van der Waals surface area contributed by atoms with Crippen LogP contribution < -0.4 is 5.73 Å². The second-order valence-corrected chi connectivity index (χ2v) is 4.43. The summed E-state index contributed by atoms with van der Waals surface area (Å²) < 4.78 is 0. The van der Waals surface area contributed by atoms with E-state index in [4.69, 9.17) is 5.73 Å². The molecule has 0 radical (unpaired) electrons. The highest BCUT2D eigenvalue weighted by Gasteiger charge is 2.07. The molecule has 2 nitrogen and oxygen atoms in total. The molecule has 0 saturated carbocycles. The van der Waals surface area contributed by atoms with Gasteiger partial charge in [0.15, 0.2) is 0 Å². The average Bonchev–Trinajstić information content (AvgIpc) is 2.20. The largest absolute Gasteiger partial charge is 0.391 e. The van der Waals surface area contributed by atoms with Gasteiger partial charge in [0.1, 0.15) is 0 Å². The van der Waals surface area contributed by atoms with Gasteiger partial charge in [-0.05, 0) is 36.0 Å². The van der Waals surface area contributed by atoms with E-state index < -0.39 is 6.10 Å². The Morgan fingerprint density at radius 2 is 2.00 bits per heavy atom. The van der Waals surface area contributed by atoms with Crippen LogP contribution in [0.25, 0.3) is 0 Å². The normalized spacial score (nSPS) is 13.2. The molecule has 3 N–H and O–H groups in total. The van der Waals surface area contributed by atoms with E-state index in [0.29, 0.717) is 18.9 Å². The molecule has 1 aromatic carbocycles. The van der Waals surface area contributed by atoms with E-state index in [-0.39, 0.29) is 0 Å². The molecule has 1 rings (SSSR count). The van der Waals surface area contributed by atoms with Crippen LogP contribution in [0.4, 0.5) is 0 Å². The minimum absolute atomic E-state index is 0.325. The molecular weight excluding hydrogens is 186 g/mol. The lowest BCUT2D eigenvalue weighted by Crippen LogP contribution is -2.22. The highest BCUT2D eigenvalue weighted by molar-refractivity contribution is 5.33. The third-order valence-electron chi connectivity index (χ3n) is 2.77. The Kier molecular flexibility index (Phi) is 4.30. The lowest BCUT2D eigenvalue weighted by Gasteiger charge is -2.13. The van der Waals surface area contributed by atoms with Crippen molar-refractivity contribution in [1.82, 2.24) is 0 Å². The first kappa shape index (κ1) is 12.2. The maximum Gasteiger partial charge on any atom is 0.0702 e. The van der Waals surface area contributed by atoms with Crippen molar-refractivity contribution in [3.63, 3.8) is 0 Å². The number of aliphatic hydroxyl groups is 1. The van der Waals surface area contributed by atoms with Gasteiger partial charge in [0.05, 0.1) is 6.10 Å². The van der Waals surface area contributed by atoms with E-state index in [1.165, 1.54) is 16.7 Å². The van der Waals surface area contributed by atoms with Gasteiger partial charge in [-0.1, -0.05) is 32.0 Å². The van der Waals surface area contributed by atoms with Gasteiger partial charge in [-0.3, -0.25) is 0 Å². The van der Waals surface area contributed by atoms with Gasteiger partial charge in [0.2, 0.25) is 0 Å². The van der Waals surface area contributed by atoms with Gasteiger partial charge in [-0.25, -0.2) is 0 Å². The van der Waals surface area contributed by atoms with Gasteiger partial charge in [-0.15, -0.1) is 0 Å². The SMILES string of the molecule is Cc1ccc(C(C)C)cc1CC(O)CN. The molecule has 0 spiro atoms. The van der Waals surface area contributed by atoms with E-state index in [1.807, 2.05) is 0 Å². The van der Waals surface area contributed by atoms with Crippen LogP contribution in [0.1, 0.15) is 36.5 Å². The van der Waals surface area contributed by atoms with Crippen molar-refractivity contribution in [2.75, 3.05) is 6.54 Å². The molecule has 15 heavy (non-hydrogen) atoms. The standard InChI is InChI=1S/C13H21NO/c1-9(2)11-5-4-10(3)12(6-11)7-13(15)8-14/h4-6,9,13,15H,7-8,14H2,1-3H3. The van der Waals surface area contributed by atoms with Crippen LogP contribution in [0.5, 0.6) is 0 Å². The molecule has 0 aromatic heterocycles. The van der Waals surface area contributed by atoms with Crippen molar-refractivity contribution in [3.8, 4) is 0 Å². The number of rotatable bonds is 4. The highest BCUT2D eigenvalue weighted by atomic mass is 16.3. The van der Waals surface area contributed by atoms with E-state index in [2.05, 4.69) is 39.0 Å². The summed E-state index contributed by atoms with van der Waals surface area (Å²) in [5, 5.41) is 9.54. The van der Waals surface area contributed by atoms with Gasteiger partial charge in [-0.2, -0.15) is 0 Å². The molecule has 0 heterocycles. The number of benzene rings is 1. The molecule has 2 heteroatoms. The second-order valence-electron chi connectivity index (χ2n) is 4.43. The van der Waals surface area contributed by atoms with Crippen molar-refractivity contribution in [1.29, 1.82) is 0 Å². The van der Waals surface area contributed by atoms with Crippen LogP contribution in [-0.2, 0) is 6.42 Å². The zero-order valence-corrected chi connectivity index (χ0v) is 9.83. The molecule has 0 bridgehead atoms. The van der Waals surface area contributed by atoms with Crippen molar-refractivity contribution < 1.29 is 5.11 Å². The van der Waals surface area contributed by atoms with Crippen molar-refractivity contribution in [3.05, 3.63) is 34.9 Å². The third-order valence-corrected chi connectivity index (χ3v) is 2.77. The minimum Gasteiger partial charge on any atom is -0.391 e. The lowest BCUT2D eigenvalue weighted by atomic mass is 9.95. The van der Waals surface area contributed by atoms with E-state index in [9.17, 15) is 5.11 Å². The summed E-state index contributed by atoms with van der Waals surface area (Å²) in [6, 6.07) is 6.45. The molecular formula is C13H21NO. The summed E-state index contributed by atoms with van der Waals surface area (Å²) in [5.41, 5.74) is 9.17. The Hall–Kier alpha value is -0.860. The number of hydrogen-bond donors (Lipinski definition) is 2. The Labute approximate surface area is 92.1 Å². The topological polar surface area (TPSA) is 46.2 Å². The number of nitrogens with two attached hydrogens (primary N) is 1. The Bertz CT molecular complexity index is 320. The first-order chi connectivity index (χ1) is 7.04. The van der Waals surface area contributed by atoms with Crippen LogP contribution in [0.3, 0.4) is 0 Å². The molecule has 0 aliphatic heterocycles.